The first-order valence-electron chi connectivity index (χ1n) is 13.0. The number of carbonyl (C=O) groups is 1. The van der Waals surface area contributed by atoms with Crippen LogP contribution in [0.2, 0.25) is 34.8 Å². The van der Waals surface area contributed by atoms with Crippen molar-refractivity contribution in [2.45, 2.75) is 148 Å². The summed E-state index contributed by atoms with van der Waals surface area (Å²) < 4.78 is 19.4. The molecular formula is C26H55NO4Si2. The number of ether oxygens (including phenoxy) is 1. The van der Waals surface area contributed by atoms with E-state index < -0.39 is 22.2 Å². The van der Waals surface area contributed by atoms with E-state index in [0.717, 1.165) is 12.8 Å². The van der Waals surface area contributed by atoms with Gasteiger partial charge in [0, 0.05) is 18.6 Å². The van der Waals surface area contributed by atoms with Crippen molar-refractivity contribution in [1.29, 1.82) is 0 Å². The molecule has 0 aliphatic heterocycles. The second-order valence-corrected chi connectivity index (χ2v) is 23.8. The lowest BCUT2D eigenvalue weighted by molar-refractivity contribution is 0.0502. The quantitative estimate of drug-likeness (QED) is 0.326. The third kappa shape index (κ3) is 8.08. The van der Waals surface area contributed by atoms with Crippen molar-refractivity contribution in [3.8, 4) is 0 Å². The van der Waals surface area contributed by atoms with Crippen LogP contribution in [0.15, 0.2) is 0 Å². The van der Waals surface area contributed by atoms with Gasteiger partial charge in [0.1, 0.15) is 5.60 Å². The second kappa shape index (κ2) is 11.1. The van der Waals surface area contributed by atoms with E-state index in [0.29, 0.717) is 23.2 Å². The summed E-state index contributed by atoms with van der Waals surface area (Å²) in [5.41, 5.74) is 1.07. The number of hydrogen-bond donors (Lipinski definition) is 1. The molecule has 1 saturated carbocycles. The molecule has 0 bridgehead atoms. The summed E-state index contributed by atoms with van der Waals surface area (Å²) in [5, 5.41) is 3.30. The lowest BCUT2D eigenvalue weighted by atomic mass is 10.1. The average Bonchev–Trinajstić information content (AvgIpc) is 2.95. The average molecular weight is 502 g/mol. The molecule has 0 unspecified atom stereocenters. The van der Waals surface area contributed by atoms with Crippen LogP contribution in [0.25, 0.3) is 0 Å². The van der Waals surface area contributed by atoms with E-state index in [9.17, 15) is 4.79 Å². The van der Waals surface area contributed by atoms with Crippen LogP contribution in [0.5, 0.6) is 0 Å². The minimum atomic E-state index is -2.04. The molecule has 1 amide bonds. The SMILES string of the molecule is CC(C)[Si](O[C@H]1C[C@H](NC(=O)OC(C)(C)C)C[C@@H]1CO[Si](C)(C)C(C)(C)C)(C(C)C)C(C)C. The van der Waals surface area contributed by atoms with Crippen LogP contribution in [0, 0.1) is 5.92 Å². The summed E-state index contributed by atoms with van der Waals surface area (Å²) in [5.74, 6) is 0.280. The Hall–Kier alpha value is -0.376. The number of alkyl carbamates (subject to hydrolysis) is 1. The highest BCUT2D eigenvalue weighted by Gasteiger charge is 2.50. The molecule has 1 aliphatic rings. The summed E-state index contributed by atoms with van der Waals surface area (Å²) in [7, 11) is -3.91. The van der Waals surface area contributed by atoms with Crippen molar-refractivity contribution in [2.24, 2.45) is 5.92 Å². The largest absolute Gasteiger partial charge is 0.444 e. The van der Waals surface area contributed by atoms with Gasteiger partial charge in [0.2, 0.25) is 8.32 Å². The third-order valence-corrected chi connectivity index (χ3v) is 18.5. The Labute approximate surface area is 207 Å². The molecule has 0 spiro atoms. The molecule has 0 heterocycles. The maximum absolute atomic E-state index is 12.5. The molecule has 3 atom stereocenters. The highest BCUT2D eigenvalue weighted by molar-refractivity contribution is 6.77. The van der Waals surface area contributed by atoms with Crippen molar-refractivity contribution >= 4 is 22.7 Å². The number of amides is 1. The highest BCUT2D eigenvalue weighted by atomic mass is 28.4. The molecule has 0 aromatic rings. The van der Waals surface area contributed by atoms with Crippen molar-refractivity contribution in [1.82, 2.24) is 5.32 Å². The lowest BCUT2D eigenvalue weighted by Crippen LogP contribution is -2.51. The van der Waals surface area contributed by atoms with Gasteiger partial charge in [-0.1, -0.05) is 62.3 Å². The molecule has 1 N–H and O–H groups in total. The molecule has 0 saturated heterocycles. The summed E-state index contributed by atoms with van der Waals surface area (Å²) >= 11 is 0. The highest BCUT2D eigenvalue weighted by Crippen LogP contribution is 2.46. The maximum Gasteiger partial charge on any atom is 0.407 e. The van der Waals surface area contributed by atoms with Crippen LogP contribution in [-0.2, 0) is 13.6 Å². The smallest absolute Gasteiger partial charge is 0.407 e. The molecule has 1 rings (SSSR count). The summed E-state index contributed by atoms with van der Waals surface area (Å²) in [6.45, 7) is 31.9. The molecule has 5 nitrogen and oxygen atoms in total. The number of rotatable bonds is 9. The summed E-state index contributed by atoms with van der Waals surface area (Å²) in [6.07, 6.45) is 1.47. The van der Waals surface area contributed by atoms with Crippen molar-refractivity contribution in [2.75, 3.05) is 6.61 Å². The zero-order valence-electron chi connectivity index (χ0n) is 24.2. The molecule has 0 aromatic heterocycles. The molecule has 1 aliphatic carbocycles. The van der Waals surface area contributed by atoms with E-state index in [2.05, 4.69) is 80.7 Å². The Bertz CT molecular complexity index is 613. The molecule has 0 radical (unpaired) electrons. The standard InChI is InChI=1S/C26H55NO4Si2/c1-18(2)33(19(3)4,20(5)6)31-23-16-22(27-24(28)30-25(7,8)9)15-21(23)17-29-32(13,14)26(10,11)12/h18-23H,15-17H2,1-14H3,(H,27,28)/t21-,22-,23+/m1/s1. The van der Waals surface area contributed by atoms with Crippen molar-refractivity contribution in [3.63, 3.8) is 0 Å². The van der Waals surface area contributed by atoms with Gasteiger partial charge < -0.3 is 18.9 Å². The van der Waals surface area contributed by atoms with Crippen LogP contribution in [0.3, 0.4) is 0 Å². The molecule has 7 heteroatoms. The normalized spacial score (nSPS) is 23.0. The predicted molar refractivity (Wildman–Crippen MR) is 145 cm³/mol. The molecule has 196 valence electrons. The van der Waals surface area contributed by atoms with E-state index in [-0.39, 0.29) is 29.2 Å². The lowest BCUT2D eigenvalue weighted by Gasteiger charge is -2.45. The third-order valence-electron chi connectivity index (χ3n) is 7.88. The molecule has 0 aromatic carbocycles. The fourth-order valence-corrected chi connectivity index (χ4v) is 11.9. The van der Waals surface area contributed by atoms with Gasteiger partial charge in [-0.05, 0) is 68.4 Å². The van der Waals surface area contributed by atoms with Gasteiger partial charge in [0.15, 0.2) is 8.32 Å². The summed E-state index contributed by atoms with van der Waals surface area (Å²) in [4.78, 5) is 12.5. The zero-order valence-corrected chi connectivity index (χ0v) is 26.2. The number of carbonyl (C=O) groups excluding carboxylic acids is 1. The van der Waals surface area contributed by atoms with E-state index in [4.69, 9.17) is 13.6 Å². The van der Waals surface area contributed by atoms with Crippen LogP contribution in [-0.4, -0.2) is 47.1 Å². The number of nitrogens with one attached hydrogen (secondary N) is 1. The Morgan fingerprint density at radius 2 is 1.39 bits per heavy atom. The van der Waals surface area contributed by atoms with Crippen molar-refractivity contribution in [3.05, 3.63) is 0 Å². The first-order chi connectivity index (χ1) is 14.7. The Kier molecular flexibility index (Phi) is 10.3. The fourth-order valence-electron chi connectivity index (χ4n) is 5.20. The van der Waals surface area contributed by atoms with Crippen LogP contribution in [0.4, 0.5) is 4.79 Å². The fraction of sp³-hybridized carbons (Fsp3) is 0.962. The Morgan fingerprint density at radius 1 is 0.909 bits per heavy atom. The van der Waals surface area contributed by atoms with Crippen LogP contribution >= 0.6 is 0 Å². The van der Waals surface area contributed by atoms with Gasteiger partial charge in [-0.15, -0.1) is 0 Å². The zero-order chi connectivity index (χ0) is 26.0. The maximum atomic E-state index is 12.5. The number of hydrogen-bond acceptors (Lipinski definition) is 4. The van der Waals surface area contributed by atoms with Gasteiger partial charge in [0.05, 0.1) is 6.10 Å². The van der Waals surface area contributed by atoms with Crippen LogP contribution in [0.1, 0.15) is 95.9 Å². The van der Waals surface area contributed by atoms with E-state index in [1.165, 1.54) is 0 Å². The van der Waals surface area contributed by atoms with Crippen molar-refractivity contribution < 1.29 is 18.4 Å². The minimum absolute atomic E-state index is 0.0519. The summed E-state index contributed by atoms with van der Waals surface area (Å²) in [6, 6.07) is 0.0519. The monoisotopic (exact) mass is 501 g/mol. The first kappa shape index (κ1) is 30.7. The van der Waals surface area contributed by atoms with E-state index >= 15 is 0 Å². The van der Waals surface area contributed by atoms with Gasteiger partial charge in [0.25, 0.3) is 0 Å². The molecule has 1 fully saturated rings. The van der Waals surface area contributed by atoms with E-state index in [1.54, 1.807) is 0 Å². The van der Waals surface area contributed by atoms with Gasteiger partial charge >= 0.3 is 6.09 Å². The van der Waals surface area contributed by atoms with Gasteiger partial charge in [-0.25, -0.2) is 4.79 Å². The van der Waals surface area contributed by atoms with E-state index in [1.807, 2.05) is 20.8 Å². The predicted octanol–water partition coefficient (Wildman–Crippen LogP) is 7.87. The Balaban J connectivity index is 3.13. The van der Waals surface area contributed by atoms with Gasteiger partial charge in [-0.2, -0.15) is 0 Å². The van der Waals surface area contributed by atoms with Crippen LogP contribution < -0.4 is 5.32 Å². The molecule has 33 heavy (non-hydrogen) atoms. The topological polar surface area (TPSA) is 56.8 Å². The first-order valence-corrected chi connectivity index (χ1v) is 18.1. The molecular weight excluding hydrogens is 446 g/mol. The Morgan fingerprint density at radius 3 is 1.79 bits per heavy atom. The minimum Gasteiger partial charge on any atom is -0.444 e. The van der Waals surface area contributed by atoms with Gasteiger partial charge in [-0.3, -0.25) is 0 Å². The second-order valence-electron chi connectivity index (χ2n) is 13.6.